The number of nitrogens with one attached hydrogen (secondary N) is 1. The van der Waals surface area contributed by atoms with Crippen LogP contribution >= 0.6 is 11.6 Å². The summed E-state index contributed by atoms with van der Waals surface area (Å²) in [4.78, 5) is 56.5. The Balaban J connectivity index is 1.83. The summed E-state index contributed by atoms with van der Waals surface area (Å²) in [5.41, 5.74) is 4.69. The highest BCUT2D eigenvalue weighted by atomic mass is 35.5. The number of aromatic nitrogens is 3. The van der Waals surface area contributed by atoms with Gasteiger partial charge in [-0.2, -0.15) is 0 Å². The van der Waals surface area contributed by atoms with Crippen molar-refractivity contribution in [1.29, 1.82) is 0 Å². The van der Waals surface area contributed by atoms with Gasteiger partial charge in [0, 0.05) is 24.0 Å². The maximum atomic E-state index is 13.6. The Hall–Kier alpha value is -4.64. The third-order valence-electron chi connectivity index (χ3n) is 5.66. The van der Waals surface area contributed by atoms with Crippen LogP contribution in [-0.4, -0.2) is 40.2 Å². The zero-order chi connectivity index (χ0) is 26.7. The van der Waals surface area contributed by atoms with Gasteiger partial charge >= 0.3 is 5.69 Å². The number of halogens is 1. The van der Waals surface area contributed by atoms with Gasteiger partial charge in [0.25, 0.3) is 5.56 Å². The molecule has 0 fully saturated rings. The molecule has 3 N–H and O–H groups in total. The number of ether oxygens (including phenoxy) is 2. The van der Waals surface area contributed by atoms with Gasteiger partial charge in [-0.05, 0) is 24.3 Å². The van der Waals surface area contributed by atoms with E-state index in [-0.39, 0.29) is 32.9 Å². The lowest BCUT2D eigenvalue weighted by Gasteiger charge is -2.20. The monoisotopic (exact) mass is 523 g/mol. The van der Waals surface area contributed by atoms with Crippen molar-refractivity contribution in [3.05, 3.63) is 92.3 Å². The number of primary amides is 1. The molecule has 0 saturated heterocycles. The summed E-state index contributed by atoms with van der Waals surface area (Å²) in [7, 11) is 2.85. The average molecular weight is 524 g/mol. The molecule has 0 spiro atoms. The van der Waals surface area contributed by atoms with Gasteiger partial charge in [0.05, 0.1) is 35.8 Å². The topological polar surface area (TPSA) is 148 Å². The van der Waals surface area contributed by atoms with Gasteiger partial charge in [-0.15, -0.1) is 0 Å². The van der Waals surface area contributed by atoms with Crippen LogP contribution < -0.4 is 31.8 Å². The minimum Gasteiger partial charge on any atom is -0.495 e. The predicted molar refractivity (Wildman–Crippen MR) is 137 cm³/mol. The second-order valence-corrected chi connectivity index (χ2v) is 8.29. The lowest BCUT2D eigenvalue weighted by Crippen LogP contribution is -2.47. The first-order valence-corrected chi connectivity index (χ1v) is 11.3. The molecule has 0 aliphatic rings. The summed E-state index contributed by atoms with van der Waals surface area (Å²) in [5, 5.41) is 3.01. The zero-order valence-corrected chi connectivity index (χ0v) is 20.6. The quantitative estimate of drug-likeness (QED) is 0.358. The highest BCUT2D eigenvalue weighted by Gasteiger charge is 2.27. The molecule has 190 valence electrons. The number of nitrogens with two attached hydrogens (primary N) is 1. The molecule has 12 heteroatoms. The SMILES string of the molecule is COc1cc(OC)c(NC(=O)Cn2c(=O)n(C(C(N)=O)c3cccnc3)c(=O)c3ccccc32)cc1Cl. The molecule has 37 heavy (non-hydrogen) atoms. The molecule has 4 rings (SSSR count). The number of rotatable bonds is 8. The van der Waals surface area contributed by atoms with E-state index in [2.05, 4.69) is 10.3 Å². The van der Waals surface area contributed by atoms with E-state index in [1.54, 1.807) is 18.2 Å². The Morgan fingerprint density at radius 3 is 2.46 bits per heavy atom. The van der Waals surface area contributed by atoms with Crippen LogP contribution in [0.15, 0.2) is 70.5 Å². The largest absolute Gasteiger partial charge is 0.495 e. The van der Waals surface area contributed by atoms with Gasteiger partial charge in [0.1, 0.15) is 24.1 Å². The molecule has 1 atom stereocenters. The molecule has 2 aromatic carbocycles. The summed E-state index contributed by atoms with van der Waals surface area (Å²) in [5.74, 6) is -0.925. The van der Waals surface area contributed by atoms with Crippen molar-refractivity contribution >= 4 is 40.0 Å². The van der Waals surface area contributed by atoms with E-state index < -0.39 is 35.6 Å². The molecule has 0 radical (unpaired) electrons. The summed E-state index contributed by atoms with van der Waals surface area (Å²) >= 11 is 6.19. The van der Waals surface area contributed by atoms with Crippen molar-refractivity contribution in [2.45, 2.75) is 12.6 Å². The second-order valence-electron chi connectivity index (χ2n) is 7.89. The molecular formula is C25H22ClN5O6. The van der Waals surface area contributed by atoms with Crippen LogP contribution in [0.2, 0.25) is 5.02 Å². The Morgan fingerprint density at radius 1 is 1.08 bits per heavy atom. The van der Waals surface area contributed by atoms with Crippen LogP contribution in [0.25, 0.3) is 10.9 Å². The van der Waals surface area contributed by atoms with Crippen molar-refractivity contribution in [2.75, 3.05) is 19.5 Å². The minimum atomic E-state index is -1.44. The predicted octanol–water partition coefficient (Wildman–Crippen LogP) is 1.94. The third kappa shape index (κ3) is 4.89. The molecule has 0 aliphatic heterocycles. The average Bonchev–Trinajstić information content (AvgIpc) is 2.89. The number of carbonyl (C=O) groups is 2. The van der Waals surface area contributed by atoms with E-state index in [0.717, 1.165) is 9.13 Å². The van der Waals surface area contributed by atoms with Crippen LogP contribution in [-0.2, 0) is 16.1 Å². The van der Waals surface area contributed by atoms with Crippen LogP contribution in [0.3, 0.4) is 0 Å². The van der Waals surface area contributed by atoms with Crippen molar-refractivity contribution in [3.63, 3.8) is 0 Å². The van der Waals surface area contributed by atoms with Gasteiger partial charge in [-0.1, -0.05) is 29.8 Å². The first-order chi connectivity index (χ1) is 17.8. The molecule has 1 unspecified atom stereocenters. The molecule has 0 saturated carbocycles. The number of nitrogens with zero attached hydrogens (tertiary/aromatic N) is 3. The fraction of sp³-hybridized carbons (Fsp3) is 0.160. The standard InChI is InChI=1S/C25H22ClN5O6/c1-36-19-11-20(37-2)17(10-16(19)26)29-21(32)13-30-18-8-4-3-7-15(18)24(34)31(25(30)35)22(23(27)33)14-6-5-9-28-12-14/h3-12,22H,13H2,1-2H3,(H2,27,33)(H,29,32). The fourth-order valence-electron chi connectivity index (χ4n) is 3.99. The molecule has 2 amide bonds. The molecule has 0 aliphatic carbocycles. The number of benzene rings is 2. The summed E-state index contributed by atoms with van der Waals surface area (Å²) in [6, 6.07) is 10.9. The number of hydrogen-bond acceptors (Lipinski definition) is 7. The second kappa shape index (κ2) is 10.5. The highest BCUT2D eigenvalue weighted by molar-refractivity contribution is 6.32. The maximum absolute atomic E-state index is 13.6. The lowest BCUT2D eigenvalue weighted by molar-refractivity contribution is -0.120. The summed E-state index contributed by atoms with van der Waals surface area (Å²) in [6.45, 7) is -0.495. The Morgan fingerprint density at radius 2 is 1.81 bits per heavy atom. The van der Waals surface area contributed by atoms with Gasteiger partial charge in [-0.25, -0.2) is 9.36 Å². The first kappa shape index (κ1) is 25.5. The number of hydrogen-bond donors (Lipinski definition) is 2. The van der Waals surface area contributed by atoms with E-state index in [0.29, 0.717) is 5.75 Å². The molecule has 0 bridgehead atoms. The van der Waals surface area contributed by atoms with Crippen molar-refractivity contribution in [2.24, 2.45) is 5.73 Å². The number of carbonyl (C=O) groups excluding carboxylic acids is 2. The number of pyridine rings is 1. The Bertz CT molecular complexity index is 1620. The van der Waals surface area contributed by atoms with Crippen LogP contribution in [0.1, 0.15) is 11.6 Å². The molecule has 11 nitrogen and oxygen atoms in total. The van der Waals surface area contributed by atoms with E-state index in [4.69, 9.17) is 26.8 Å². The van der Waals surface area contributed by atoms with Crippen LogP contribution in [0.4, 0.5) is 5.69 Å². The first-order valence-electron chi connectivity index (χ1n) is 10.9. The molecular weight excluding hydrogens is 502 g/mol. The molecule has 2 heterocycles. The Kier molecular flexibility index (Phi) is 7.25. The van der Waals surface area contributed by atoms with E-state index in [1.807, 2.05) is 0 Å². The van der Waals surface area contributed by atoms with E-state index >= 15 is 0 Å². The number of anilines is 1. The van der Waals surface area contributed by atoms with Crippen molar-refractivity contribution < 1.29 is 19.1 Å². The molecule has 4 aromatic rings. The highest BCUT2D eigenvalue weighted by Crippen LogP contribution is 2.35. The number of fused-ring (bicyclic) bond motifs is 1. The van der Waals surface area contributed by atoms with Gasteiger partial charge in [-0.3, -0.25) is 23.9 Å². The van der Waals surface area contributed by atoms with Crippen LogP contribution in [0.5, 0.6) is 11.5 Å². The van der Waals surface area contributed by atoms with Crippen molar-refractivity contribution in [1.82, 2.24) is 14.1 Å². The zero-order valence-electron chi connectivity index (χ0n) is 19.8. The number of methoxy groups -OCH3 is 2. The summed E-state index contributed by atoms with van der Waals surface area (Å²) < 4.78 is 12.3. The van der Waals surface area contributed by atoms with E-state index in [1.165, 1.54) is 56.9 Å². The van der Waals surface area contributed by atoms with Crippen molar-refractivity contribution in [3.8, 4) is 11.5 Å². The van der Waals surface area contributed by atoms with Gasteiger partial charge in [0.15, 0.2) is 0 Å². The summed E-state index contributed by atoms with van der Waals surface area (Å²) in [6.07, 6.45) is 2.82. The number of para-hydroxylation sites is 1. The van der Waals surface area contributed by atoms with Crippen LogP contribution in [0, 0.1) is 0 Å². The van der Waals surface area contributed by atoms with Gasteiger partial charge < -0.3 is 20.5 Å². The minimum absolute atomic E-state index is 0.120. The number of amides is 2. The van der Waals surface area contributed by atoms with Gasteiger partial charge in [0.2, 0.25) is 11.8 Å². The van der Waals surface area contributed by atoms with E-state index in [9.17, 15) is 19.2 Å². The lowest BCUT2D eigenvalue weighted by atomic mass is 10.1. The molecule has 2 aromatic heterocycles. The smallest absolute Gasteiger partial charge is 0.332 e. The fourth-order valence-corrected chi connectivity index (χ4v) is 4.23. The normalized spacial score (nSPS) is 11.6. The Labute approximate surface area is 215 Å². The maximum Gasteiger partial charge on any atom is 0.332 e. The third-order valence-corrected chi connectivity index (χ3v) is 5.95.